The quantitative estimate of drug-likeness (QED) is 0.356. The van der Waals surface area contributed by atoms with Crippen molar-refractivity contribution >= 4 is 59.7 Å². The van der Waals surface area contributed by atoms with Crippen LogP contribution in [0.5, 0.6) is 0 Å². The van der Waals surface area contributed by atoms with Crippen LogP contribution < -0.4 is 5.32 Å². The molecular weight excluding hydrogens is 541 g/mol. The number of rotatable bonds is 6. The molecule has 0 unspecified atom stereocenters. The van der Waals surface area contributed by atoms with Gasteiger partial charge in [0.05, 0.1) is 21.7 Å². The van der Waals surface area contributed by atoms with E-state index in [9.17, 15) is 18.0 Å². The normalized spacial score (nSPS) is 15.6. The van der Waals surface area contributed by atoms with Crippen LogP contribution in [0, 0.1) is 0 Å². The third kappa shape index (κ3) is 4.53. The summed E-state index contributed by atoms with van der Waals surface area (Å²) >= 11 is 3.05. The summed E-state index contributed by atoms with van der Waals surface area (Å²) in [6.07, 6.45) is 2.44. The summed E-state index contributed by atoms with van der Waals surface area (Å²) in [6, 6.07) is 14.1. The number of nitrogens with one attached hydrogen (secondary N) is 1. The second-order valence-electron chi connectivity index (χ2n) is 9.62. The number of sulfonamides is 1. The number of nitrogens with zero attached hydrogens (tertiary/aromatic N) is 3. The topological polar surface area (TPSA) is 99.7 Å². The van der Waals surface area contributed by atoms with Crippen molar-refractivity contribution in [3.8, 4) is 10.6 Å². The van der Waals surface area contributed by atoms with Crippen molar-refractivity contribution in [2.45, 2.75) is 43.7 Å². The third-order valence-corrected chi connectivity index (χ3v) is 11.2. The molecule has 0 atom stereocenters. The van der Waals surface area contributed by atoms with Crippen molar-refractivity contribution in [2.75, 3.05) is 18.9 Å². The summed E-state index contributed by atoms with van der Waals surface area (Å²) in [7, 11) is -1.98. The van der Waals surface area contributed by atoms with Crippen LogP contribution in [0.15, 0.2) is 53.4 Å². The third-order valence-electron chi connectivity index (χ3n) is 7.09. The molecule has 8 nitrogen and oxygen atoms in total. The smallest absolute Gasteiger partial charge is 0.256 e. The molecule has 11 heteroatoms. The Labute approximate surface area is 229 Å². The van der Waals surface area contributed by atoms with Crippen LogP contribution in [0.25, 0.3) is 20.8 Å². The van der Waals surface area contributed by atoms with Gasteiger partial charge in [-0.1, -0.05) is 12.1 Å². The minimum Gasteiger partial charge on any atom is -0.337 e. The van der Waals surface area contributed by atoms with Crippen LogP contribution >= 0.6 is 22.7 Å². The van der Waals surface area contributed by atoms with Gasteiger partial charge in [-0.2, -0.15) is 4.31 Å². The molecule has 2 aromatic carbocycles. The Balaban J connectivity index is 1.33. The van der Waals surface area contributed by atoms with E-state index in [0.29, 0.717) is 30.1 Å². The molecule has 0 radical (unpaired) electrons. The number of benzene rings is 2. The predicted molar refractivity (Wildman–Crippen MR) is 150 cm³/mol. The SMILES string of the molecule is CC(=O)N1CCc2c(sc(NC(=O)c3ccc(S(=O)(=O)N(C)C4CC4)cc3)c2-c2nc3ccccc3s2)C1. The summed E-state index contributed by atoms with van der Waals surface area (Å²) in [5, 5.41) is 4.59. The van der Waals surface area contributed by atoms with Crippen molar-refractivity contribution in [1.29, 1.82) is 0 Å². The largest absolute Gasteiger partial charge is 0.337 e. The number of thiophene rings is 1. The average molecular weight is 567 g/mol. The van der Waals surface area contributed by atoms with Crippen molar-refractivity contribution in [2.24, 2.45) is 0 Å². The van der Waals surface area contributed by atoms with Gasteiger partial charge in [0.25, 0.3) is 5.91 Å². The molecule has 2 aromatic heterocycles. The number of amides is 2. The van der Waals surface area contributed by atoms with Gasteiger partial charge in [0, 0.05) is 42.6 Å². The van der Waals surface area contributed by atoms with E-state index in [1.165, 1.54) is 27.8 Å². The Morgan fingerprint density at radius 1 is 1.08 bits per heavy atom. The average Bonchev–Trinajstić information content (AvgIpc) is 3.57. The number of carbonyl (C=O) groups is 2. The van der Waals surface area contributed by atoms with Crippen LogP contribution in [0.3, 0.4) is 0 Å². The first-order valence-corrected chi connectivity index (χ1v) is 15.4. The van der Waals surface area contributed by atoms with Gasteiger partial charge in [-0.05, 0) is 61.2 Å². The van der Waals surface area contributed by atoms with Gasteiger partial charge in [0.1, 0.15) is 10.0 Å². The molecule has 0 bridgehead atoms. The lowest BCUT2D eigenvalue weighted by atomic mass is 10.0. The molecule has 1 fully saturated rings. The Kier molecular flexibility index (Phi) is 6.34. The Morgan fingerprint density at radius 3 is 2.50 bits per heavy atom. The van der Waals surface area contributed by atoms with Crippen LogP contribution in [-0.2, 0) is 27.8 Å². The lowest BCUT2D eigenvalue weighted by molar-refractivity contribution is -0.129. The standard InChI is InChI=1S/C27H26N4O4S3/c1-16(32)31-14-13-20-23(15-31)37-27(24(20)26-28-21-5-3-4-6-22(21)36-26)29-25(33)17-7-11-19(12-8-17)38(34,35)30(2)18-9-10-18/h3-8,11-12,18H,9-10,13-15H2,1-2H3,(H,29,33). The van der Waals surface area contributed by atoms with E-state index in [2.05, 4.69) is 5.32 Å². The van der Waals surface area contributed by atoms with Crippen LogP contribution in [0.4, 0.5) is 5.00 Å². The number of thiazole rings is 1. The number of carbonyl (C=O) groups excluding carboxylic acids is 2. The highest BCUT2D eigenvalue weighted by Crippen LogP contribution is 2.46. The van der Waals surface area contributed by atoms with Gasteiger partial charge in [0.2, 0.25) is 15.9 Å². The van der Waals surface area contributed by atoms with Crippen LogP contribution in [0.2, 0.25) is 0 Å². The first-order chi connectivity index (χ1) is 18.2. The zero-order valence-corrected chi connectivity index (χ0v) is 23.4. The van der Waals surface area contributed by atoms with E-state index < -0.39 is 10.0 Å². The maximum atomic E-state index is 13.3. The molecule has 0 saturated heterocycles. The second-order valence-corrected chi connectivity index (χ2v) is 13.7. The molecule has 0 spiro atoms. The van der Waals surface area contributed by atoms with Gasteiger partial charge in [-0.3, -0.25) is 9.59 Å². The number of fused-ring (bicyclic) bond motifs is 2. The maximum Gasteiger partial charge on any atom is 0.256 e. The first-order valence-electron chi connectivity index (χ1n) is 12.4. The van der Waals surface area contributed by atoms with Gasteiger partial charge in [0.15, 0.2) is 0 Å². The molecule has 2 amide bonds. The fourth-order valence-electron chi connectivity index (χ4n) is 4.72. The minimum absolute atomic E-state index is 0.0264. The monoisotopic (exact) mass is 566 g/mol. The zero-order valence-electron chi connectivity index (χ0n) is 20.9. The van der Waals surface area contributed by atoms with Gasteiger partial charge < -0.3 is 10.2 Å². The number of hydrogen-bond donors (Lipinski definition) is 1. The zero-order chi connectivity index (χ0) is 26.6. The Bertz CT molecular complexity index is 1640. The highest BCUT2D eigenvalue weighted by Gasteiger charge is 2.35. The lowest BCUT2D eigenvalue weighted by Gasteiger charge is -2.26. The number of para-hydroxylation sites is 1. The summed E-state index contributed by atoms with van der Waals surface area (Å²) < 4.78 is 28.2. The number of anilines is 1. The van der Waals surface area contributed by atoms with E-state index in [4.69, 9.17) is 4.98 Å². The summed E-state index contributed by atoms with van der Waals surface area (Å²) in [5.41, 5.74) is 3.29. The molecule has 196 valence electrons. The molecule has 38 heavy (non-hydrogen) atoms. The molecule has 1 saturated carbocycles. The maximum absolute atomic E-state index is 13.3. The van der Waals surface area contributed by atoms with E-state index in [1.807, 2.05) is 29.2 Å². The Morgan fingerprint density at radius 2 is 1.82 bits per heavy atom. The van der Waals surface area contributed by atoms with Crippen LogP contribution in [0.1, 0.15) is 40.6 Å². The Hall–Kier alpha value is -3.12. The van der Waals surface area contributed by atoms with Crippen molar-refractivity contribution in [3.63, 3.8) is 0 Å². The van der Waals surface area contributed by atoms with Crippen molar-refractivity contribution < 1.29 is 18.0 Å². The molecule has 1 N–H and O–H groups in total. The van der Waals surface area contributed by atoms with E-state index in [1.54, 1.807) is 37.4 Å². The molecule has 4 aromatic rings. The minimum atomic E-state index is -3.58. The van der Waals surface area contributed by atoms with Gasteiger partial charge >= 0.3 is 0 Å². The fourth-order valence-corrected chi connectivity index (χ4v) is 8.50. The number of aromatic nitrogens is 1. The lowest BCUT2D eigenvalue weighted by Crippen LogP contribution is -2.33. The molecule has 6 rings (SSSR count). The molecule has 1 aliphatic heterocycles. The second kappa shape index (κ2) is 9.57. The number of hydrogen-bond acceptors (Lipinski definition) is 7. The first kappa shape index (κ1) is 25.2. The highest BCUT2D eigenvalue weighted by molar-refractivity contribution is 7.89. The molecule has 3 heterocycles. The summed E-state index contributed by atoms with van der Waals surface area (Å²) in [5.74, 6) is -0.299. The van der Waals surface area contributed by atoms with Crippen LogP contribution in [-0.4, -0.2) is 54.1 Å². The van der Waals surface area contributed by atoms with Gasteiger partial charge in [-0.15, -0.1) is 22.7 Å². The van der Waals surface area contributed by atoms with E-state index in [-0.39, 0.29) is 22.8 Å². The van der Waals surface area contributed by atoms with E-state index in [0.717, 1.165) is 44.1 Å². The molecular formula is C27H26N4O4S3. The van der Waals surface area contributed by atoms with Gasteiger partial charge in [-0.25, -0.2) is 13.4 Å². The summed E-state index contributed by atoms with van der Waals surface area (Å²) in [6.45, 7) is 2.70. The van der Waals surface area contributed by atoms with Crippen molar-refractivity contribution in [3.05, 3.63) is 64.5 Å². The highest BCUT2D eigenvalue weighted by atomic mass is 32.2. The molecule has 1 aliphatic carbocycles. The van der Waals surface area contributed by atoms with Crippen molar-refractivity contribution in [1.82, 2.24) is 14.2 Å². The fraction of sp³-hybridized carbons (Fsp3) is 0.296. The molecule has 2 aliphatic rings. The summed E-state index contributed by atoms with van der Waals surface area (Å²) in [4.78, 5) is 33.2. The predicted octanol–water partition coefficient (Wildman–Crippen LogP) is 4.96. The van der Waals surface area contributed by atoms with E-state index >= 15 is 0 Å².